The molecular weight excluding hydrogens is 341 g/mol. The lowest BCUT2D eigenvalue weighted by Crippen LogP contribution is -2.07. The topological polar surface area (TPSA) is 61.5 Å². The van der Waals surface area contributed by atoms with Crippen LogP contribution in [0, 0.1) is 5.82 Å². The molecule has 2 N–H and O–H groups in total. The number of hydrogen-bond donors (Lipinski definition) is 1. The first-order chi connectivity index (χ1) is 10.0. The van der Waals surface area contributed by atoms with Crippen molar-refractivity contribution in [1.29, 1.82) is 0 Å². The number of benzene rings is 2. The van der Waals surface area contributed by atoms with E-state index in [1.54, 1.807) is 19.1 Å². The molecule has 4 nitrogen and oxygen atoms in total. The van der Waals surface area contributed by atoms with E-state index in [0.29, 0.717) is 10.2 Å². The van der Waals surface area contributed by atoms with Gasteiger partial charge in [0.2, 0.25) is 0 Å². The summed E-state index contributed by atoms with van der Waals surface area (Å²) in [5.74, 6) is -0.931. The van der Waals surface area contributed by atoms with Crippen LogP contribution < -0.4 is 10.5 Å². The SMILES string of the molecule is CCOC(=O)c1cc(N)ccc1Oc1cc(Br)ccc1F. The van der Waals surface area contributed by atoms with Crippen LogP contribution in [0.1, 0.15) is 17.3 Å². The van der Waals surface area contributed by atoms with Gasteiger partial charge in [-0.05, 0) is 43.3 Å². The van der Waals surface area contributed by atoms with Crippen molar-refractivity contribution in [2.24, 2.45) is 0 Å². The average molecular weight is 354 g/mol. The summed E-state index contributed by atoms with van der Waals surface area (Å²) >= 11 is 3.24. The molecule has 0 saturated carbocycles. The third kappa shape index (κ3) is 3.72. The van der Waals surface area contributed by atoms with E-state index in [-0.39, 0.29) is 23.7 Å². The lowest BCUT2D eigenvalue weighted by molar-refractivity contribution is 0.0523. The summed E-state index contributed by atoms with van der Waals surface area (Å²) in [6.07, 6.45) is 0. The fourth-order valence-electron chi connectivity index (χ4n) is 1.68. The maximum Gasteiger partial charge on any atom is 0.342 e. The van der Waals surface area contributed by atoms with Crippen molar-refractivity contribution in [3.05, 3.63) is 52.3 Å². The first kappa shape index (κ1) is 15.3. The zero-order chi connectivity index (χ0) is 15.4. The van der Waals surface area contributed by atoms with E-state index >= 15 is 0 Å². The van der Waals surface area contributed by atoms with Crippen LogP contribution >= 0.6 is 15.9 Å². The van der Waals surface area contributed by atoms with Crippen LogP contribution in [0.3, 0.4) is 0 Å². The highest BCUT2D eigenvalue weighted by Crippen LogP contribution is 2.31. The van der Waals surface area contributed by atoms with Gasteiger partial charge < -0.3 is 15.2 Å². The molecule has 0 fully saturated rings. The molecule has 0 atom stereocenters. The van der Waals surface area contributed by atoms with E-state index < -0.39 is 11.8 Å². The monoisotopic (exact) mass is 353 g/mol. The van der Waals surface area contributed by atoms with Gasteiger partial charge in [0.15, 0.2) is 11.6 Å². The molecular formula is C15H13BrFNO3. The largest absolute Gasteiger partial charge is 0.462 e. The van der Waals surface area contributed by atoms with Crippen molar-refractivity contribution >= 4 is 27.6 Å². The number of esters is 1. The van der Waals surface area contributed by atoms with Gasteiger partial charge in [0.05, 0.1) is 6.61 Å². The molecule has 6 heteroatoms. The second kappa shape index (κ2) is 6.58. The molecule has 0 aromatic heterocycles. The Kier molecular flexibility index (Phi) is 4.80. The number of ether oxygens (including phenoxy) is 2. The third-order valence-electron chi connectivity index (χ3n) is 2.61. The number of halogens is 2. The molecule has 2 aromatic rings. The fraction of sp³-hybridized carbons (Fsp3) is 0.133. The molecule has 0 amide bonds. The Bertz CT molecular complexity index is 676. The number of anilines is 1. The molecule has 0 radical (unpaired) electrons. The molecule has 0 unspecified atom stereocenters. The highest BCUT2D eigenvalue weighted by molar-refractivity contribution is 9.10. The van der Waals surface area contributed by atoms with Crippen molar-refractivity contribution < 1.29 is 18.7 Å². The number of hydrogen-bond acceptors (Lipinski definition) is 4. The predicted octanol–water partition coefficient (Wildman–Crippen LogP) is 4.14. The summed E-state index contributed by atoms with van der Waals surface area (Å²) in [5.41, 5.74) is 6.20. The van der Waals surface area contributed by atoms with Crippen molar-refractivity contribution in [1.82, 2.24) is 0 Å². The Morgan fingerprint density at radius 1 is 1.24 bits per heavy atom. The first-order valence-electron chi connectivity index (χ1n) is 6.20. The minimum atomic E-state index is -0.574. The van der Waals surface area contributed by atoms with Gasteiger partial charge in [-0.1, -0.05) is 15.9 Å². The Morgan fingerprint density at radius 2 is 2.00 bits per heavy atom. The molecule has 2 rings (SSSR count). The lowest BCUT2D eigenvalue weighted by atomic mass is 10.2. The first-order valence-corrected chi connectivity index (χ1v) is 7.00. The van der Waals surface area contributed by atoms with Gasteiger partial charge in [0, 0.05) is 10.2 Å². The molecule has 0 spiro atoms. The van der Waals surface area contributed by atoms with Gasteiger partial charge >= 0.3 is 5.97 Å². The quantitative estimate of drug-likeness (QED) is 0.662. The van der Waals surface area contributed by atoms with E-state index in [0.717, 1.165) is 0 Å². The van der Waals surface area contributed by atoms with Gasteiger partial charge in [-0.15, -0.1) is 0 Å². The summed E-state index contributed by atoms with van der Waals surface area (Å²) in [6.45, 7) is 1.91. The van der Waals surface area contributed by atoms with Crippen LogP contribution in [-0.2, 0) is 4.74 Å². The fourth-order valence-corrected chi connectivity index (χ4v) is 2.02. The zero-order valence-corrected chi connectivity index (χ0v) is 12.8. The Morgan fingerprint density at radius 3 is 2.71 bits per heavy atom. The molecule has 0 aliphatic carbocycles. The normalized spacial score (nSPS) is 10.2. The summed E-state index contributed by atoms with van der Waals surface area (Å²) < 4.78 is 24.8. The summed E-state index contributed by atoms with van der Waals surface area (Å²) in [6, 6.07) is 8.79. The predicted molar refractivity (Wildman–Crippen MR) is 81.0 cm³/mol. The van der Waals surface area contributed by atoms with Crippen molar-refractivity contribution in [2.75, 3.05) is 12.3 Å². The van der Waals surface area contributed by atoms with Crippen LogP contribution in [0.2, 0.25) is 0 Å². The summed E-state index contributed by atoms with van der Waals surface area (Å²) in [5, 5.41) is 0. The minimum absolute atomic E-state index is 0.000283. The Balaban J connectivity index is 2.39. The molecule has 2 aromatic carbocycles. The van der Waals surface area contributed by atoms with E-state index in [1.165, 1.54) is 24.3 Å². The van der Waals surface area contributed by atoms with Crippen LogP contribution in [0.4, 0.5) is 10.1 Å². The number of carbonyl (C=O) groups is 1. The zero-order valence-electron chi connectivity index (χ0n) is 11.2. The van der Waals surface area contributed by atoms with Crippen LogP contribution in [0.5, 0.6) is 11.5 Å². The molecule has 110 valence electrons. The van der Waals surface area contributed by atoms with E-state index in [4.69, 9.17) is 15.2 Å². The number of nitrogens with two attached hydrogens (primary N) is 1. The molecule has 0 saturated heterocycles. The molecule has 21 heavy (non-hydrogen) atoms. The van der Waals surface area contributed by atoms with E-state index in [9.17, 15) is 9.18 Å². The molecule has 0 aliphatic heterocycles. The summed E-state index contributed by atoms with van der Waals surface area (Å²) in [4.78, 5) is 11.9. The highest BCUT2D eigenvalue weighted by atomic mass is 79.9. The van der Waals surface area contributed by atoms with Crippen molar-refractivity contribution in [2.45, 2.75) is 6.92 Å². The van der Waals surface area contributed by atoms with Gasteiger partial charge in [-0.3, -0.25) is 0 Å². The highest BCUT2D eigenvalue weighted by Gasteiger charge is 2.16. The maximum atomic E-state index is 13.7. The maximum absolute atomic E-state index is 13.7. The van der Waals surface area contributed by atoms with Gasteiger partial charge in [-0.25, -0.2) is 9.18 Å². The molecule has 0 aliphatic rings. The van der Waals surface area contributed by atoms with Crippen LogP contribution in [0.15, 0.2) is 40.9 Å². The summed E-state index contributed by atoms with van der Waals surface area (Å²) in [7, 11) is 0. The Labute approximate surface area is 129 Å². The number of carbonyl (C=O) groups excluding carboxylic acids is 1. The second-order valence-electron chi connectivity index (χ2n) is 4.15. The van der Waals surface area contributed by atoms with E-state index in [2.05, 4.69) is 15.9 Å². The molecule has 0 heterocycles. The van der Waals surface area contributed by atoms with E-state index in [1.807, 2.05) is 0 Å². The van der Waals surface area contributed by atoms with Gasteiger partial charge in [-0.2, -0.15) is 0 Å². The Hall–Kier alpha value is -2.08. The minimum Gasteiger partial charge on any atom is -0.462 e. The second-order valence-corrected chi connectivity index (χ2v) is 5.07. The van der Waals surface area contributed by atoms with Crippen LogP contribution in [-0.4, -0.2) is 12.6 Å². The number of nitrogen functional groups attached to an aromatic ring is 1. The van der Waals surface area contributed by atoms with Gasteiger partial charge in [0.25, 0.3) is 0 Å². The molecule has 0 bridgehead atoms. The smallest absolute Gasteiger partial charge is 0.342 e. The lowest BCUT2D eigenvalue weighted by Gasteiger charge is -2.12. The van der Waals surface area contributed by atoms with Crippen LogP contribution in [0.25, 0.3) is 0 Å². The third-order valence-corrected chi connectivity index (χ3v) is 3.11. The average Bonchev–Trinajstić information content (AvgIpc) is 2.45. The standard InChI is InChI=1S/C15H13BrFNO3/c1-2-20-15(19)11-8-10(18)4-6-13(11)21-14-7-9(16)3-5-12(14)17/h3-8H,2,18H2,1H3. The van der Waals surface area contributed by atoms with Gasteiger partial charge in [0.1, 0.15) is 11.3 Å². The van der Waals surface area contributed by atoms with Crippen molar-refractivity contribution in [3.8, 4) is 11.5 Å². The number of rotatable bonds is 4. The van der Waals surface area contributed by atoms with Crippen molar-refractivity contribution in [3.63, 3.8) is 0 Å².